The topological polar surface area (TPSA) is 35.3 Å². The van der Waals surface area contributed by atoms with Gasteiger partial charge in [0, 0.05) is 25.3 Å². The average Bonchev–Trinajstić information content (AvgIpc) is 2.95. The molecular formula is C12H18ClNO2. The van der Waals surface area contributed by atoms with E-state index in [4.69, 9.17) is 20.8 Å². The maximum absolute atomic E-state index is 5.62. The van der Waals surface area contributed by atoms with Crippen LogP contribution in [0.5, 0.6) is 0 Å². The van der Waals surface area contributed by atoms with Crippen molar-refractivity contribution in [3.8, 4) is 0 Å². The van der Waals surface area contributed by atoms with Crippen LogP contribution >= 0.6 is 11.6 Å². The van der Waals surface area contributed by atoms with Gasteiger partial charge < -0.3 is 9.15 Å². The van der Waals surface area contributed by atoms with Gasteiger partial charge in [-0.2, -0.15) is 0 Å². The number of halogens is 1. The molecule has 0 saturated carbocycles. The lowest BCUT2D eigenvalue weighted by Crippen LogP contribution is -2.05. The largest absolute Gasteiger partial charge is 0.446 e. The predicted molar refractivity (Wildman–Crippen MR) is 62.8 cm³/mol. The Hall–Kier alpha value is -0.540. The Morgan fingerprint density at radius 3 is 3.12 bits per heavy atom. The Kier molecular flexibility index (Phi) is 4.67. The van der Waals surface area contributed by atoms with Gasteiger partial charge in [0.25, 0.3) is 0 Å². The lowest BCUT2D eigenvalue weighted by Gasteiger charge is -2.06. The van der Waals surface area contributed by atoms with Crippen molar-refractivity contribution in [3.05, 3.63) is 17.8 Å². The van der Waals surface area contributed by atoms with Gasteiger partial charge in [-0.05, 0) is 25.7 Å². The molecule has 1 aliphatic heterocycles. The molecule has 0 radical (unpaired) electrons. The van der Waals surface area contributed by atoms with Crippen LogP contribution in [0.3, 0.4) is 0 Å². The summed E-state index contributed by atoms with van der Waals surface area (Å²) < 4.78 is 11.2. The number of rotatable bonds is 6. The molecule has 2 heterocycles. The molecule has 0 amide bonds. The SMILES string of the molecule is ClCCCc1ncc(CCC2CCCO2)o1. The minimum atomic E-state index is 0.427. The molecule has 90 valence electrons. The van der Waals surface area contributed by atoms with Crippen molar-refractivity contribution in [2.24, 2.45) is 0 Å². The van der Waals surface area contributed by atoms with E-state index in [2.05, 4.69) is 4.98 Å². The molecule has 0 aromatic carbocycles. The highest BCUT2D eigenvalue weighted by Gasteiger charge is 2.16. The highest BCUT2D eigenvalue weighted by Crippen LogP contribution is 2.18. The number of aromatic nitrogens is 1. The van der Waals surface area contributed by atoms with Crippen LogP contribution in [0.4, 0.5) is 0 Å². The monoisotopic (exact) mass is 243 g/mol. The Labute approximate surface area is 101 Å². The average molecular weight is 244 g/mol. The Bertz CT molecular complexity index is 308. The van der Waals surface area contributed by atoms with Crippen molar-refractivity contribution >= 4 is 11.6 Å². The van der Waals surface area contributed by atoms with Gasteiger partial charge in [0.2, 0.25) is 0 Å². The van der Waals surface area contributed by atoms with Crippen molar-refractivity contribution in [2.45, 2.75) is 44.6 Å². The summed E-state index contributed by atoms with van der Waals surface area (Å²) >= 11 is 5.62. The minimum Gasteiger partial charge on any atom is -0.446 e. The molecule has 1 saturated heterocycles. The number of alkyl halides is 1. The van der Waals surface area contributed by atoms with Crippen LogP contribution in [0.2, 0.25) is 0 Å². The summed E-state index contributed by atoms with van der Waals surface area (Å²) in [6, 6.07) is 0. The van der Waals surface area contributed by atoms with Crippen LogP contribution < -0.4 is 0 Å². The predicted octanol–water partition coefficient (Wildman–Crippen LogP) is 2.96. The van der Waals surface area contributed by atoms with E-state index in [1.54, 1.807) is 0 Å². The second-order valence-electron chi connectivity index (χ2n) is 4.19. The van der Waals surface area contributed by atoms with Crippen molar-refractivity contribution in [1.29, 1.82) is 0 Å². The number of oxazole rings is 1. The lowest BCUT2D eigenvalue weighted by molar-refractivity contribution is 0.103. The third-order valence-electron chi connectivity index (χ3n) is 2.86. The normalized spacial score (nSPS) is 20.4. The van der Waals surface area contributed by atoms with E-state index >= 15 is 0 Å². The molecule has 2 rings (SSSR count). The molecule has 0 bridgehead atoms. The summed E-state index contributed by atoms with van der Waals surface area (Å²) in [5.74, 6) is 2.44. The Balaban J connectivity index is 1.73. The number of hydrogen-bond acceptors (Lipinski definition) is 3. The summed E-state index contributed by atoms with van der Waals surface area (Å²) in [6.07, 6.45) is 8.38. The van der Waals surface area contributed by atoms with Gasteiger partial charge in [0.1, 0.15) is 5.76 Å². The summed E-state index contributed by atoms with van der Waals surface area (Å²) in [5.41, 5.74) is 0. The molecule has 16 heavy (non-hydrogen) atoms. The van der Waals surface area contributed by atoms with Gasteiger partial charge in [-0.3, -0.25) is 0 Å². The first-order valence-corrected chi connectivity index (χ1v) is 6.53. The van der Waals surface area contributed by atoms with E-state index in [-0.39, 0.29) is 0 Å². The maximum atomic E-state index is 5.62. The zero-order valence-electron chi connectivity index (χ0n) is 9.45. The van der Waals surface area contributed by atoms with Gasteiger partial charge in [-0.15, -0.1) is 11.6 Å². The van der Waals surface area contributed by atoms with E-state index in [1.807, 2.05) is 6.20 Å². The Morgan fingerprint density at radius 1 is 1.44 bits per heavy atom. The molecule has 4 heteroatoms. The maximum Gasteiger partial charge on any atom is 0.194 e. The van der Waals surface area contributed by atoms with Gasteiger partial charge in [-0.1, -0.05) is 0 Å². The third-order valence-corrected chi connectivity index (χ3v) is 3.13. The van der Waals surface area contributed by atoms with Crippen molar-refractivity contribution in [1.82, 2.24) is 4.98 Å². The number of aryl methyl sites for hydroxylation is 2. The number of hydrogen-bond donors (Lipinski definition) is 0. The lowest BCUT2D eigenvalue weighted by atomic mass is 10.1. The van der Waals surface area contributed by atoms with Crippen LogP contribution in [0, 0.1) is 0 Å². The van der Waals surface area contributed by atoms with Gasteiger partial charge in [0.05, 0.1) is 12.3 Å². The summed E-state index contributed by atoms with van der Waals surface area (Å²) in [4.78, 5) is 4.23. The molecule has 0 N–H and O–H groups in total. The molecule has 1 fully saturated rings. The van der Waals surface area contributed by atoms with E-state index < -0.39 is 0 Å². The first-order chi connectivity index (χ1) is 7.88. The van der Waals surface area contributed by atoms with Crippen LogP contribution in [-0.2, 0) is 17.6 Å². The van der Waals surface area contributed by atoms with Gasteiger partial charge >= 0.3 is 0 Å². The van der Waals surface area contributed by atoms with E-state index in [1.165, 1.54) is 12.8 Å². The van der Waals surface area contributed by atoms with Crippen LogP contribution in [0.1, 0.15) is 37.3 Å². The molecule has 1 aromatic heterocycles. The Morgan fingerprint density at radius 2 is 2.38 bits per heavy atom. The van der Waals surface area contributed by atoms with Gasteiger partial charge in [0.15, 0.2) is 5.89 Å². The number of ether oxygens (including phenoxy) is 1. The molecule has 1 aromatic rings. The van der Waals surface area contributed by atoms with Crippen LogP contribution in [0.15, 0.2) is 10.6 Å². The quantitative estimate of drug-likeness (QED) is 0.721. The molecule has 0 spiro atoms. The van der Waals surface area contributed by atoms with Crippen LogP contribution in [0.25, 0.3) is 0 Å². The van der Waals surface area contributed by atoms with Crippen molar-refractivity contribution in [3.63, 3.8) is 0 Å². The zero-order valence-corrected chi connectivity index (χ0v) is 10.2. The van der Waals surface area contributed by atoms with E-state index in [0.717, 1.165) is 43.9 Å². The van der Waals surface area contributed by atoms with Gasteiger partial charge in [-0.25, -0.2) is 4.98 Å². The summed E-state index contributed by atoms with van der Waals surface area (Å²) in [5, 5.41) is 0. The van der Waals surface area contributed by atoms with E-state index in [9.17, 15) is 0 Å². The molecule has 1 aliphatic rings. The second kappa shape index (κ2) is 6.26. The third kappa shape index (κ3) is 3.49. The summed E-state index contributed by atoms with van der Waals surface area (Å²) in [6.45, 7) is 0.919. The standard InChI is InChI=1S/C12H18ClNO2/c13-7-1-4-12-14-9-11(16-12)6-5-10-3-2-8-15-10/h9-10H,1-8H2. The molecular weight excluding hydrogens is 226 g/mol. The minimum absolute atomic E-state index is 0.427. The smallest absolute Gasteiger partial charge is 0.194 e. The molecule has 3 nitrogen and oxygen atoms in total. The molecule has 1 unspecified atom stereocenters. The summed E-state index contributed by atoms with van der Waals surface area (Å²) in [7, 11) is 0. The highest BCUT2D eigenvalue weighted by atomic mass is 35.5. The van der Waals surface area contributed by atoms with Crippen molar-refractivity contribution in [2.75, 3.05) is 12.5 Å². The second-order valence-corrected chi connectivity index (χ2v) is 4.56. The van der Waals surface area contributed by atoms with Crippen molar-refractivity contribution < 1.29 is 9.15 Å². The molecule has 0 aliphatic carbocycles. The fraction of sp³-hybridized carbons (Fsp3) is 0.750. The fourth-order valence-electron chi connectivity index (χ4n) is 1.97. The molecule has 1 atom stereocenters. The first-order valence-electron chi connectivity index (χ1n) is 5.99. The van der Waals surface area contributed by atoms with E-state index in [0.29, 0.717) is 12.0 Å². The fourth-order valence-corrected chi connectivity index (χ4v) is 2.11. The number of nitrogens with zero attached hydrogens (tertiary/aromatic N) is 1. The highest BCUT2D eigenvalue weighted by molar-refractivity contribution is 6.17. The zero-order chi connectivity index (χ0) is 11.2. The van der Waals surface area contributed by atoms with Crippen LogP contribution in [-0.4, -0.2) is 23.6 Å². The first kappa shape index (κ1) is 11.9.